The Balaban J connectivity index is 0.000000526. The van der Waals surface area contributed by atoms with E-state index < -0.39 is 0 Å². The van der Waals surface area contributed by atoms with Gasteiger partial charge in [-0.2, -0.15) is 5.26 Å². The lowest BCUT2D eigenvalue weighted by molar-refractivity contribution is 0.527. The van der Waals surface area contributed by atoms with Gasteiger partial charge in [-0.3, -0.25) is 0 Å². The van der Waals surface area contributed by atoms with Crippen LogP contribution in [0.1, 0.15) is 24.1 Å². The van der Waals surface area contributed by atoms with Gasteiger partial charge in [-0.25, -0.2) is 9.97 Å². The number of nitrogens with zero attached hydrogens (tertiary/aromatic N) is 6. The molecule has 0 spiro atoms. The van der Waals surface area contributed by atoms with Crippen LogP contribution < -0.4 is 15.5 Å². The minimum absolute atomic E-state index is 0.388. The van der Waals surface area contributed by atoms with Crippen molar-refractivity contribution in [1.82, 2.24) is 30.8 Å². The quantitative estimate of drug-likeness (QED) is 0.806. The maximum Gasteiger partial charge on any atom is 0.285 e. The SMILES string of the molecule is CC#N.Cc1nnc(-c2nc3c(c(N4CCNCC4)n2)CNC3)o1. The lowest BCUT2D eigenvalue weighted by atomic mass is 10.2. The first-order valence-electron chi connectivity index (χ1n) is 7.90. The summed E-state index contributed by atoms with van der Waals surface area (Å²) in [5, 5.41) is 21.9. The second kappa shape index (κ2) is 7.33. The summed E-state index contributed by atoms with van der Waals surface area (Å²) in [6, 6.07) is 1.75. The molecule has 0 saturated carbocycles. The van der Waals surface area contributed by atoms with Crippen molar-refractivity contribution < 1.29 is 4.42 Å². The molecule has 0 radical (unpaired) electrons. The molecule has 2 aromatic rings. The molecule has 1 fully saturated rings. The van der Waals surface area contributed by atoms with Crippen LogP contribution in [0.15, 0.2) is 4.42 Å². The predicted molar refractivity (Wildman–Crippen MR) is 87.0 cm³/mol. The Bertz CT molecular complexity index is 744. The summed E-state index contributed by atoms with van der Waals surface area (Å²) in [5.41, 5.74) is 2.22. The molecule has 9 heteroatoms. The van der Waals surface area contributed by atoms with Crippen LogP contribution in [0, 0.1) is 18.3 Å². The van der Waals surface area contributed by atoms with Crippen LogP contribution in [0.3, 0.4) is 0 Å². The Morgan fingerprint density at radius 1 is 1.12 bits per heavy atom. The Morgan fingerprint density at radius 2 is 1.88 bits per heavy atom. The number of piperazine rings is 1. The Hall–Kier alpha value is -2.57. The molecule has 9 nitrogen and oxygen atoms in total. The molecule has 24 heavy (non-hydrogen) atoms. The molecule has 2 aliphatic rings. The third kappa shape index (κ3) is 3.34. The summed E-state index contributed by atoms with van der Waals surface area (Å²) in [5.74, 6) is 2.43. The summed E-state index contributed by atoms with van der Waals surface area (Å²) in [6.07, 6.45) is 0. The van der Waals surface area contributed by atoms with Gasteiger partial charge in [-0.1, -0.05) is 0 Å². The molecule has 0 unspecified atom stereocenters. The molecular formula is C15H20N8O. The fourth-order valence-electron chi connectivity index (χ4n) is 2.77. The van der Waals surface area contributed by atoms with Gasteiger partial charge in [0, 0.05) is 58.7 Å². The number of hydrogen-bond acceptors (Lipinski definition) is 9. The second-order valence-corrected chi connectivity index (χ2v) is 5.49. The summed E-state index contributed by atoms with van der Waals surface area (Å²) in [7, 11) is 0. The van der Waals surface area contributed by atoms with Crippen LogP contribution in [-0.4, -0.2) is 46.3 Å². The second-order valence-electron chi connectivity index (χ2n) is 5.49. The van der Waals surface area contributed by atoms with Gasteiger partial charge in [0.2, 0.25) is 11.7 Å². The van der Waals surface area contributed by atoms with Crippen LogP contribution in [0.5, 0.6) is 0 Å². The molecule has 4 rings (SSSR count). The topological polar surface area (TPSA) is 116 Å². The first-order valence-corrected chi connectivity index (χ1v) is 7.90. The van der Waals surface area contributed by atoms with Crippen LogP contribution in [0.4, 0.5) is 5.82 Å². The van der Waals surface area contributed by atoms with Crippen molar-refractivity contribution in [3.8, 4) is 17.8 Å². The van der Waals surface area contributed by atoms with Gasteiger partial charge in [-0.15, -0.1) is 10.2 Å². The van der Waals surface area contributed by atoms with E-state index in [1.54, 1.807) is 13.0 Å². The third-order valence-corrected chi connectivity index (χ3v) is 3.80. The maximum absolute atomic E-state index is 7.32. The summed E-state index contributed by atoms with van der Waals surface area (Å²) >= 11 is 0. The lowest BCUT2D eigenvalue weighted by Crippen LogP contribution is -2.44. The molecule has 0 amide bonds. The highest BCUT2D eigenvalue weighted by Gasteiger charge is 2.25. The van der Waals surface area contributed by atoms with Crippen molar-refractivity contribution in [3.05, 3.63) is 17.1 Å². The fraction of sp³-hybridized carbons (Fsp3) is 0.533. The standard InChI is InChI=1S/C13H17N7O.C2H3N/c1-8-18-19-13(21-8)11-16-10-7-15-6-9(10)12(17-11)20-4-2-14-3-5-20;1-2-3/h14-15H,2-7H2,1H3;1H3. The van der Waals surface area contributed by atoms with Gasteiger partial charge in [0.15, 0.2) is 0 Å². The molecule has 0 aliphatic carbocycles. The highest BCUT2D eigenvalue weighted by Crippen LogP contribution is 2.27. The van der Waals surface area contributed by atoms with E-state index in [1.807, 2.05) is 0 Å². The molecule has 4 heterocycles. The van der Waals surface area contributed by atoms with Crippen molar-refractivity contribution in [2.24, 2.45) is 0 Å². The first-order chi connectivity index (χ1) is 11.7. The third-order valence-electron chi connectivity index (χ3n) is 3.80. The monoisotopic (exact) mass is 328 g/mol. The average molecular weight is 328 g/mol. The molecule has 1 saturated heterocycles. The highest BCUT2D eigenvalue weighted by atomic mass is 16.4. The van der Waals surface area contributed by atoms with Crippen molar-refractivity contribution >= 4 is 5.82 Å². The van der Waals surface area contributed by atoms with E-state index in [4.69, 9.17) is 14.7 Å². The fourth-order valence-corrected chi connectivity index (χ4v) is 2.77. The largest absolute Gasteiger partial charge is 0.418 e. The number of anilines is 1. The van der Waals surface area contributed by atoms with Gasteiger partial charge in [-0.05, 0) is 0 Å². The van der Waals surface area contributed by atoms with E-state index in [9.17, 15) is 0 Å². The number of nitriles is 1. The zero-order chi connectivity index (χ0) is 16.9. The molecule has 0 atom stereocenters. The van der Waals surface area contributed by atoms with Crippen LogP contribution >= 0.6 is 0 Å². The zero-order valence-electron chi connectivity index (χ0n) is 13.8. The molecule has 2 aliphatic heterocycles. The molecular weight excluding hydrogens is 308 g/mol. The van der Waals surface area contributed by atoms with Gasteiger partial charge in [0.1, 0.15) is 5.82 Å². The molecule has 0 aromatic carbocycles. The number of aromatic nitrogens is 4. The molecule has 2 aromatic heterocycles. The van der Waals surface area contributed by atoms with Gasteiger partial charge >= 0.3 is 0 Å². The zero-order valence-corrected chi connectivity index (χ0v) is 13.8. The van der Waals surface area contributed by atoms with Crippen molar-refractivity contribution in [2.45, 2.75) is 26.9 Å². The van der Waals surface area contributed by atoms with Crippen LogP contribution in [-0.2, 0) is 13.1 Å². The maximum atomic E-state index is 7.32. The molecule has 0 bridgehead atoms. The van der Waals surface area contributed by atoms with Crippen LogP contribution in [0.2, 0.25) is 0 Å². The van der Waals surface area contributed by atoms with E-state index >= 15 is 0 Å². The van der Waals surface area contributed by atoms with E-state index in [1.165, 1.54) is 12.5 Å². The van der Waals surface area contributed by atoms with Gasteiger partial charge in [0.05, 0.1) is 11.8 Å². The van der Waals surface area contributed by atoms with Gasteiger partial charge < -0.3 is 20.0 Å². The first kappa shape index (κ1) is 16.3. The lowest BCUT2D eigenvalue weighted by Gasteiger charge is -2.29. The van der Waals surface area contributed by atoms with Gasteiger partial charge in [0.25, 0.3) is 5.89 Å². The predicted octanol–water partition coefficient (Wildman–Crippen LogP) is 0.378. The Morgan fingerprint density at radius 3 is 2.54 bits per heavy atom. The number of rotatable bonds is 2. The van der Waals surface area contributed by atoms with E-state index in [0.717, 1.165) is 50.8 Å². The van der Waals surface area contributed by atoms with E-state index in [-0.39, 0.29) is 0 Å². The summed E-state index contributed by atoms with van der Waals surface area (Å²) in [6.45, 7) is 8.62. The van der Waals surface area contributed by atoms with Crippen molar-refractivity contribution in [1.29, 1.82) is 5.26 Å². The number of fused-ring (bicyclic) bond motifs is 1. The van der Waals surface area contributed by atoms with Crippen LogP contribution in [0.25, 0.3) is 11.7 Å². The average Bonchev–Trinajstić information content (AvgIpc) is 3.24. The Kier molecular flexibility index (Phi) is 4.98. The smallest absolute Gasteiger partial charge is 0.285 e. The highest BCUT2D eigenvalue weighted by molar-refractivity contribution is 5.56. The number of aryl methyl sites for hydroxylation is 1. The number of nitrogens with one attached hydrogen (secondary N) is 2. The summed E-state index contributed by atoms with van der Waals surface area (Å²) < 4.78 is 5.47. The Labute approximate surface area is 140 Å². The summed E-state index contributed by atoms with van der Waals surface area (Å²) in [4.78, 5) is 11.6. The van der Waals surface area contributed by atoms with E-state index in [0.29, 0.717) is 17.6 Å². The van der Waals surface area contributed by atoms with Crippen molar-refractivity contribution in [3.63, 3.8) is 0 Å². The number of hydrogen-bond donors (Lipinski definition) is 2. The minimum atomic E-state index is 0.388. The molecule has 2 N–H and O–H groups in total. The van der Waals surface area contributed by atoms with Crippen molar-refractivity contribution in [2.75, 3.05) is 31.1 Å². The normalized spacial score (nSPS) is 16.1. The minimum Gasteiger partial charge on any atom is -0.418 e. The van der Waals surface area contributed by atoms with E-state index in [2.05, 4.69) is 30.7 Å². The molecule has 126 valence electrons.